The third-order valence-corrected chi connectivity index (χ3v) is 0.647. The largest absolute Gasteiger partial charge is 0.304 e. The van der Waals surface area contributed by atoms with Gasteiger partial charge >= 0.3 is 0 Å². The van der Waals surface area contributed by atoms with E-state index in [-0.39, 0.29) is 20.8 Å². The van der Waals surface area contributed by atoms with Gasteiger partial charge in [0.05, 0.1) is 0 Å². The van der Waals surface area contributed by atoms with Crippen molar-refractivity contribution in [3.05, 3.63) is 0 Å². The molecule has 2 N–H and O–H groups in total. The van der Waals surface area contributed by atoms with Crippen molar-refractivity contribution >= 4 is 12.1 Å². The fraction of sp³-hybridized carbons (Fsp3) is 0.778. The summed E-state index contributed by atoms with van der Waals surface area (Å²) in [6.45, 7) is 3.33. The van der Waals surface area contributed by atoms with E-state index in [1.807, 2.05) is 21.0 Å². The Hall–Kier alpha value is -1.10. The van der Waals surface area contributed by atoms with Gasteiger partial charge in [-0.15, -0.1) is 0 Å². The number of nitrogens with one attached hydrogen (secondary N) is 2. The van der Waals surface area contributed by atoms with Crippen molar-refractivity contribution in [2.24, 2.45) is 5.10 Å². The lowest BCUT2D eigenvalue weighted by Crippen LogP contribution is -2.31. The fourth-order valence-electron chi connectivity index (χ4n) is 0.407. The van der Waals surface area contributed by atoms with E-state index in [0.717, 1.165) is 0 Å². The predicted molar refractivity (Wildman–Crippen MR) is 64.2 cm³/mol. The Morgan fingerprint density at radius 1 is 1.36 bits per heavy atom. The monoisotopic (exact) mass is 206 g/mol. The Balaban J connectivity index is -0.0000000625. The van der Waals surface area contributed by atoms with Crippen molar-refractivity contribution in [2.45, 2.75) is 28.7 Å². The molecule has 1 amide bonds. The summed E-state index contributed by atoms with van der Waals surface area (Å²) in [5.74, 6) is -0.0718. The van der Waals surface area contributed by atoms with Crippen molar-refractivity contribution < 1.29 is 4.79 Å². The van der Waals surface area contributed by atoms with Crippen molar-refractivity contribution in [3.8, 4) is 0 Å². The molecule has 5 heteroatoms. The molecule has 0 heterocycles. The topological polar surface area (TPSA) is 56.7 Å². The minimum absolute atomic E-state index is 0. The summed E-state index contributed by atoms with van der Waals surface area (Å²) < 4.78 is 0. The summed E-state index contributed by atoms with van der Waals surface area (Å²) in [5.41, 5.74) is 4.79. The van der Waals surface area contributed by atoms with E-state index in [1.165, 1.54) is 6.92 Å². The van der Waals surface area contributed by atoms with Gasteiger partial charge in [0.25, 0.3) is 0 Å². The minimum atomic E-state index is -0.0718. The van der Waals surface area contributed by atoms with Crippen LogP contribution >= 0.6 is 0 Å². The summed E-state index contributed by atoms with van der Waals surface area (Å²) in [4.78, 5) is 9.87. The molecule has 0 unspecified atom stereocenters. The van der Waals surface area contributed by atoms with E-state index >= 15 is 0 Å². The molecule has 0 fully saturated rings. The first-order chi connectivity index (χ1) is 5.54. The summed E-state index contributed by atoms with van der Waals surface area (Å²) in [5, 5.41) is 5.58. The van der Waals surface area contributed by atoms with Crippen LogP contribution in [0, 0.1) is 0 Å². The summed E-state index contributed by atoms with van der Waals surface area (Å²) in [6.07, 6.45) is 1.75. The summed E-state index contributed by atoms with van der Waals surface area (Å²) in [6, 6.07) is 0. The summed E-state index contributed by atoms with van der Waals surface area (Å²) in [7, 11) is 5.42. The molecule has 0 rings (SSSR count). The highest BCUT2D eigenvalue weighted by Gasteiger charge is 1.78. The molecule has 0 aromatic rings. The quantitative estimate of drug-likeness (QED) is 0.525. The van der Waals surface area contributed by atoms with Crippen molar-refractivity contribution in [1.82, 2.24) is 15.9 Å². The number of carbonyl (C=O) groups is 1. The zero-order valence-corrected chi connectivity index (χ0v) is 8.38. The second-order valence-corrected chi connectivity index (χ2v) is 2.15. The van der Waals surface area contributed by atoms with Crippen LogP contribution in [0.15, 0.2) is 5.10 Å². The van der Waals surface area contributed by atoms with Crippen molar-refractivity contribution in [3.63, 3.8) is 0 Å². The highest BCUT2D eigenvalue weighted by atomic mass is 16.2. The SMILES string of the molecule is C.C.C/C=N/N(C)C.CNNC(C)=O. The highest BCUT2D eigenvalue weighted by Crippen LogP contribution is 1.67. The predicted octanol–water partition coefficient (Wildman–Crippen LogP) is 1.08. The standard InChI is InChI=1S/C4H10N2.C3H8N2O.2CH4/c1-4-5-6(2)3;1-3(6)5-4-2;;/h4H,1-3H3;4H,1-2H3,(H,5,6);2*1H4/b5-4+;;;. The molecule has 14 heavy (non-hydrogen) atoms. The number of hydrogen-bond acceptors (Lipinski definition) is 4. The van der Waals surface area contributed by atoms with Crippen LogP contribution < -0.4 is 10.9 Å². The molecule has 0 spiro atoms. The normalized spacial score (nSPS) is 7.50. The van der Waals surface area contributed by atoms with Gasteiger partial charge in [0.2, 0.25) is 5.91 Å². The second kappa shape index (κ2) is 17.8. The van der Waals surface area contributed by atoms with Gasteiger partial charge in [-0.25, -0.2) is 5.43 Å². The van der Waals surface area contributed by atoms with E-state index in [0.29, 0.717) is 0 Å². The van der Waals surface area contributed by atoms with Crippen LogP contribution in [0.3, 0.4) is 0 Å². The third kappa shape index (κ3) is 44.5. The molecular formula is C9H26N4O. The third-order valence-electron chi connectivity index (χ3n) is 0.647. The van der Waals surface area contributed by atoms with Crippen LogP contribution in [0.5, 0.6) is 0 Å². The Bertz CT molecular complexity index is 135. The van der Waals surface area contributed by atoms with Gasteiger partial charge in [-0.05, 0) is 6.92 Å². The van der Waals surface area contributed by atoms with Crippen LogP contribution in [-0.4, -0.2) is 38.3 Å². The van der Waals surface area contributed by atoms with Crippen LogP contribution in [0.2, 0.25) is 0 Å². The van der Waals surface area contributed by atoms with Crippen LogP contribution in [0.25, 0.3) is 0 Å². The lowest BCUT2D eigenvalue weighted by atomic mass is 10.8. The molecule has 0 atom stereocenters. The number of rotatable bonds is 2. The maximum Gasteiger partial charge on any atom is 0.230 e. The zero-order valence-electron chi connectivity index (χ0n) is 8.38. The Morgan fingerprint density at radius 3 is 1.79 bits per heavy atom. The van der Waals surface area contributed by atoms with E-state index in [9.17, 15) is 4.79 Å². The Labute approximate surface area is 88.5 Å². The number of carbonyl (C=O) groups excluding carboxylic acids is 1. The van der Waals surface area contributed by atoms with Gasteiger partial charge in [-0.2, -0.15) is 5.10 Å². The molecule has 88 valence electrons. The first kappa shape index (κ1) is 23.1. The number of amides is 1. The summed E-state index contributed by atoms with van der Waals surface area (Å²) >= 11 is 0. The average Bonchev–Trinajstić information content (AvgIpc) is 1.87. The lowest BCUT2D eigenvalue weighted by molar-refractivity contribution is -0.119. The van der Waals surface area contributed by atoms with Crippen molar-refractivity contribution in [1.29, 1.82) is 0 Å². The molecule has 0 aromatic heterocycles. The van der Waals surface area contributed by atoms with Gasteiger partial charge in [-0.3, -0.25) is 10.2 Å². The fourth-order valence-corrected chi connectivity index (χ4v) is 0.407. The molecule has 5 nitrogen and oxygen atoms in total. The van der Waals surface area contributed by atoms with E-state index < -0.39 is 0 Å². The molecule has 0 aromatic carbocycles. The number of hydrazone groups is 1. The highest BCUT2D eigenvalue weighted by molar-refractivity contribution is 5.72. The van der Waals surface area contributed by atoms with Crippen molar-refractivity contribution in [2.75, 3.05) is 21.1 Å². The van der Waals surface area contributed by atoms with Crippen LogP contribution in [0.4, 0.5) is 0 Å². The van der Waals surface area contributed by atoms with E-state index in [2.05, 4.69) is 16.0 Å². The van der Waals surface area contributed by atoms with Crippen LogP contribution in [-0.2, 0) is 4.79 Å². The molecule has 0 aliphatic carbocycles. The molecule has 0 bridgehead atoms. The minimum Gasteiger partial charge on any atom is -0.304 e. The molecule has 0 saturated carbocycles. The molecule has 0 radical (unpaired) electrons. The maximum atomic E-state index is 9.87. The molecule has 0 aliphatic heterocycles. The number of hydrazine groups is 1. The molecular weight excluding hydrogens is 180 g/mol. The van der Waals surface area contributed by atoms with E-state index in [4.69, 9.17) is 0 Å². The average molecular weight is 206 g/mol. The van der Waals surface area contributed by atoms with Gasteiger partial charge in [0, 0.05) is 34.3 Å². The second-order valence-electron chi connectivity index (χ2n) is 2.15. The van der Waals surface area contributed by atoms with Crippen LogP contribution in [0.1, 0.15) is 28.7 Å². The molecule has 0 aliphatic rings. The lowest BCUT2D eigenvalue weighted by Gasteiger charge is -1.98. The Morgan fingerprint density at radius 2 is 1.79 bits per heavy atom. The van der Waals surface area contributed by atoms with Gasteiger partial charge < -0.3 is 5.01 Å². The first-order valence-electron chi connectivity index (χ1n) is 3.63. The number of hydrogen-bond donors (Lipinski definition) is 2. The smallest absolute Gasteiger partial charge is 0.230 e. The van der Waals surface area contributed by atoms with Gasteiger partial charge in [-0.1, -0.05) is 14.9 Å². The van der Waals surface area contributed by atoms with Gasteiger partial charge in [0.15, 0.2) is 0 Å². The maximum absolute atomic E-state index is 9.87. The van der Waals surface area contributed by atoms with Gasteiger partial charge in [0.1, 0.15) is 0 Å². The Kier molecular flexibility index (Phi) is 29.4. The zero-order chi connectivity index (χ0) is 9.98. The number of nitrogens with zero attached hydrogens (tertiary/aromatic N) is 2. The van der Waals surface area contributed by atoms with E-state index in [1.54, 1.807) is 18.3 Å². The molecule has 0 saturated heterocycles. The first-order valence-corrected chi connectivity index (χ1v) is 3.63.